The van der Waals surface area contributed by atoms with E-state index < -0.39 is 0 Å². The number of imidazole rings is 1. The van der Waals surface area contributed by atoms with Crippen molar-refractivity contribution in [3.8, 4) is 17.0 Å². The van der Waals surface area contributed by atoms with E-state index in [9.17, 15) is 5.11 Å². The zero-order chi connectivity index (χ0) is 12.8. The summed E-state index contributed by atoms with van der Waals surface area (Å²) in [5.41, 5.74) is 3.02. The first-order valence-corrected chi connectivity index (χ1v) is 6.64. The van der Waals surface area contributed by atoms with E-state index in [0.29, 0.717) is 0 Å². The van der Waals surface area contributed by atoms with Gasteiger partial charge in [-0.25, -0.2) is 4.98 Å². The van der Waals surface area contributed by atoms with E-state index in [-0.39, 0.29) is 5.75 Å². The summed E-state index contributed by atoms with van der Waals surface area (Å²) in [7, 11) is 0. The second-order valence-corrected chi connectivity index (χ2v) is 5.28. The number of hydrogen-bond donors (Lipinski definition) is 1. The van der Waals surface area contributed by atoms with Gasteiger partial charge >= 0.3 is 0 Å². The van der Waals surface area contributed by atoms with E-state index in [4.69, 9.17) is 0 Å². The van der Waals surface area contributed by atoms with Crippen molar-refractivity contribution in [2.75, 3.05) is 0 Å². The van der Waals surface area contributed by atoms with Crippen LogP contribution in [0.5, 0.6) is 5.75 Å². The van der Waals surface area contributed by atoms with E-state index in [1.165, 1.54) is 0 Å². The number of phenolic OH excluding ortho intramolecular Hbond substituents is 1. The fourth-order valence-electron chi connectivity index (χ4n) is 2.13. The van der Waals surface area contributed by atoms with Crippen molar-refractivity contribution in [3.63, 3.8) is 0 Å². The lowest BCUT2D eigenvalue weighted by Crippen LogP contribution is -1.78. The Morgan fingerprint density at radius 2 is 1.95 bits per heavy atom. The molecule has 4 nitrogen and oxygen atoms in total. The van der Waals surface area contributed by atoms with Crippen LogP contribution in [0.1, 0.15) is 0 Å². The van der Waals surface area contributed by atoms with E-state index in [1.54, 1.807) is 29.7 Å². The van der Waals surface area contributed by atoms with Crippen LogP contribution in [0.4, 0.5) is 0 Å². The van der Waals surface area contributed by atoms with Crippen LogP contribution in [-0.4, -0.2) is 19.5 Å². The predicted octanol–water partition coefficient (Wildman–Crippen LogP) is 3.32. The van der Waals surface area contributed by atoms with Gasteiger partial charge in [0.1, 0.15) is 5.75 Å². The molecule has 0 fully saturated rings. The van der Waals surface area contributed by atoms with Crippen LogP contribution in [0.3, 0.4) is 0 Å². The quantitative estimate of drug-likeness (QED) is 0.575. The highest BCUT2D eigenvalue weighted by Gasteiger charge is 2.09. The molecule has 1 N–H and O–H groups in total. The minimum Gasteiger partial charge on any atom is -0.508 e. The number of aromatic nitrogens is 3. The monoisotopic (exact) mass is 267 g/mol. The molecular formula is C14H9N3OS. The van der Waals surface area contributed by atoms with Crippen molar-refractivity contribution in [1.82, 2.24) is 14.4 Å². The number of aromatic hydroxyl groups is 1. The third-order valence-electron chi connectivity index (χ3n) is 3.06. The molecule has 0 aliphatic carbocycles. The standard InChI is InChI=1S/C14H9N3OS/c18-10-3-1-9(2-4-10)11-8-17-12-5-6-15-7-13(12)19-14(17)16-11/h1-8,18H. The van der Waals surface area contributed by atoms with Crippen LogP contribution in [-0.2, 0) is 0 Å². The Labute approximate surface area is 112 Å². The SMILES string of the molecule is Oc1ccc(-c2cn3c(n2)sc2cnccc23)cc1. The highest BCUT2D eigenvalue weighted by Crippen LogP contribution is 2.29. The molecule has 0 saturated heterocycles. The Bertz CT molecular complexity index is 877. The van der Waals surface area contributed by atoms with Gasteiger partial charge < -0.3 is 5.11 Å². The molecule has 1 aromatic carbocycles. The maximum absolute atomic E-state index is 9.31. The van der Waals surface area contributed by atoms with Crippen molar-refractivity contribution in [1.29, 1.82) is 0 Å². The summed E-state index contributed by atoms with van der Waals surface area (Å²) in [5.74, 6) is 0.265. The van der Waals surface area contributed by atoms with Crippen molar-refractivity contribution in [2.24, 2.45) is 0 Å². The second kappa shape index (κ2) is 3.80. The number of thiazole rings is 1. The molecule has 0 amide bonds. The van der Waals surface area contributed by atoms with Gasteiger partial charge in [-0.1, -0.05) is 11.3 Å². The number of nitrogens with zero attached hydrogens (tertiary/aromatic N) is 3. The molecule has 0 unspecified atom stereocenters. The minimum atomic E-state index is 0.265. The van der Waals surface area contributed by atoms with Gasteiger partial charge in [-0.15, -0.1) is 0 Å². The molecule has 5 heteroatoms. The van der Waals surface area contributed by atoms with Crippen molar-refractivity contribution in [2.45, 2.75) is 0 Å². The third-order valence-corrected chi connectivity index (χ3v) is 4.07. The summed E-state index contributed by atoms with van der Waals surface area (Å²) in [6.07, 6.45) is 5.66. The molecule has 0 radical (unpaired) electrons. The molecule has 0 saturated carbocycles. The fraction of sp³-hybridized carbons (Fsp3) is 0. The first-order valence-electron chi connectivity index (χ1n) is 5.82. The van der Waals surface area contributed by atoms with Crippen LogP contribution >= 0.6 is 11.3 Å². The number of fused-ring (bicyclic) bond motifs is 3. The fourth-order valence-corrected chi connectivity index (χ4v) is 3.10. The Hall–Kier alpha value is -2.40. The van der Waals surface area contributed by atoms with Gasteiger partial charge in [0.15, 0.2) is 4.96 Å². The lowest BCUT2D eigenvalue weighted by Gasteiger charge is -1.96. The van der Waals surface area contributed by atoms with Gasteiger partial charge in [-0.2, -0.15) is 0 Å². The first-order chi connectivity index (χ1) is 9.31. The molecule has 0 bridgehead atoms. The Kier molecular flexibility index (Phi) is 2.10. The maximum Gasteiger partial charge on any atom is 0.195 e. The average Bonchev–Trinajstić information content (AvgIpc) is 2.97. The largest absolute Gasteiger partial charge is 0.508 e. The predicted molar refractivity (Wildman–Crippen MR) is 75.5 cm³/mol. The van der Waals surface area contributed by atoms with Crippen LogP contribution < -0.4 is 0 Å². The number of pyridine rings is 1. The van der Waals surface area contributed by atoms with Gasteiger partial charge in [0.05, 0.1) is 15.9 Å². The molecule has 3 heterocycles. The number of hydrogen-bond acceptors (Lipinski definition) is 4. The van der Waals surface area contributed by atoms with Gasteiger partial charge in [-0.3, -0.25) is 9.38 Å². The van der Waals surface area contributed by atoms with Gasteiger partial charge in [-0.05, 0) is 30.3 Å². The lowest BCUT2D eigenvalue weighted by atomic mass is 10.2. The van der Waals surface area contributed by atoms with Crippen molar-refractivity contribution < 1.29 is 5.11 Å². The molecule has 0 aliphatic heterocycles. The number of rotatable bonds is 1. The molecule has 0 atom stereocenters. The van der Waals surface area contributed by atoms with Gasteiger partial charge in [0.25, 0.3) is 0 Å². The lowest BCUT2D eigenvalue weighted by molar-refractivity contribution is 0.475. The van der Waals surface area contributed by atoms with Crippen LogP contribution in [0.25, 0.3) is 26.4 Å². The van der Waals surface area contributed by atoms with Crippen LogP contribution in [0.2, 0.25) is 0 Å². The highest BCUT2D eigenvalue weighted by molar-refractivity contribution is 7.23. The Balaban J connectivity index is 1.94. The zero-order valence-corrected chi connectivity index (χ0v) is 10.6. The topological polar surface area (TPSA) is 50.4 Å². The number of phenols is 1. The molecule has 92 valence electrons. The summed E-state index contributed by atoms with van der Waals surface area (Å²) in [5, 5.41) is 9.31. The Morgan fingerprint density at radius 1 is 1.11 bits per heavy atom. The molecule has 19 heavy (non-hydrogen) atoms. The normalized spacial score (nSPS) is 11.4. The van der Waals surface area contributed by atoms with Crippen LogP contribution in [0, 0.1) is 0 Å². The molecule has 0 spiro atoms. The molecule has 4 rings (SSSR count). The Morgan fingerprint density at radius 3 is 2.79 bits per heavy atom. The third kappa shape index (κ3) is 1.59. The summed E-state index contributed by atoms with van der Waals surface area (Å²) < 4.78 is 3.20. The first kappa shape index (κ1) is 10.5. The van der Waals surface area contributed by atoms with E-state index in [2.05, 4.69) is 14.4 Å². The van der Waals surface area contributed by atoms with Crippen LogP contribution in [0.15, 0.2) is 48.9 Å². The summed E-state index contributed by atoms with van der Waals surface area (Å²) in [6, 6.07) is 9.06. The smallest absolute Gasteiger partial charge is 0.195 e. The second-order valence-electron chi connectivity index (χ2n) is 4.27. The molecule has 3 aromatic heterocycles. The molecule has 0 aliphatic rings. The minimum absolute atomic E-state index is 0.265. The summed E-state index contributed by atoms with van der Waals surface area (Å²) in [4.78, 5) is 9.69. The van der Waals surface area contributed by atoms with Gasteiger partial charge in [0, 0.05) is 24.2 Å². The number of benzene rings is 1. The average molecular weight is 267 g/mol. The van der Waals surface area contributed by atoms with Crippen molar-refractivity contribution in [3.05, 3.63) is 48.9 Å². The zero-order valence-electron chi connectivity index (χ0n) is 9.82. The van der Waals surface area contributed by atoms with E-state index >= 15 is 0 Å². The molecule has 4 aromatic rings. The van der Waals surface area contributed by atoms with E-state index in [1.807, 2.05) is 30.6 Å². The van der Waals surface area contributed by atoms with Gasteiger partial charge in [0.2, 0.25) is 0 Å². The highest BCUT2D eigenvalue weighted by atomic mass is 32.1. The summed E-state index contributed by atoms with van der Waals surface area (Å²) in [6.45, 7) is 0. The van der Waals surface area contributed by atoms with Crippen molar-refractivity contribution >= 4 is 26.5 Å². The molecular weight excluding hydrogens is 258 g/mol. The summed E-state index contributed by atoms with van der Waals surface area (Å²) >= 11 is 1.62. The maximum atomic E-state index is 9.31. The van der Waals surface area contributed by atoms with E-state index in [0.717, 1.165) is 26.4 Å².